The van der Waals surface area contributed by atoms with Crippen molar-refractivity contribution in [2.24, 2.45) is 0 Å². The Balaban J connectivity index is 1.28. The molecule has 182 valence electrons. The number of benzene rings is 2. The third kappa shape index (κ3) is 5.66. The van der Waals surface area contributed by atoms with E-state index in [2.05, 4.69) is 10.4 Å². The molecule has 13 heteroatoms. The highest BCUT2D eigenvalue weighted by molar-refractivity contribution is 6.31. The predicted octanol–water partition coefficient (Wildman–Crippen LogP) is 2.52. The number of carbonyl (C=O) groups excluding carboxylic acids is 2. The van der Waals surface area contributed by atoms with Crippen molar-refractivity contribution in [3.63, 3.8) is 0 Å². The number of hydrogen-bond donors (Lipinski definition) is 1. The molecular weight excluding hydrogens is 485 g/mol. The van der Waals surface area contributed by atoms with Crippen LogP contribution in [0.4, 0.5) is 15.1 Å². The van der Waals surface area contributed by atoms with Gasteiger partial charge in [-0.15, -0.1) is 0 Å². The predicted molar refractivity (Wildman–Crippen MR) is 120 cm³/mol. The standard InChI is InChI=1S/C22H19ClFN5O6/c23-16-10-18-19(11-17(16)24)29(33)26-21(28(18)32)25-8-6-20(30)35-15-7-9-27(12-15)22(31)34-13-14-4-2-1-3-5-14/h1-5,10-12H,6-9,13H2,(H,25,26). The minimum absolute atomic E-state index is 0.0788. The molecule has 35 heavy (non-hydrogen) atoms. The fourth-order valence-electron chi connectivity index (χ4n) is 3.27. The molecule has 1 aromatic heterocycles. The van der Waals surface area contributed by atoms with Crippen LogP contribution in [0, 0.1) is 16.2 Å². The molecule has 0 aliphatic carbocycles. The van der Waals surface area contributed by atoms with Crippen molar-refractivity contribution in [3.05, 3.63) is 81.2 Å². The number of esters is 1. The highest BCUT2D eigenvalue weighted by Gasteiger charge is 2.24. The van der Waals surface area contributed by atoms with E-state index in [4.69, 9.17) is 21.1 Å². The molecule has 0 saturated heterocycles. The summed E-state index contributed by atoms with van der Waals surface area (Å²) in [5, 5.41) is 30.2. The lowest BCUT2D eigenvalue weighted by Gasteiger charge is -2.12. The molecule has 2 heterocycles. The first kappa shape index (κ1) is 24.0. The van der Waals surface area contributed by atoms with E-state index >= 15 is 0 Å². The van der Waals surface area contributed by atoms with Crippen LogP contribution in [0.3, 0.4) is 0 Å². The molecule has 0 radical (unpaired) electrons. The number of aromatic nitrogens is 3. The van der Waals surface area contributed by atoms with Gasteiger partial charge < -0.3 is 19.9 Å². The van der Waals surface area contributed by atoms with E-state index in [9.17, 15) is 24.4 Å². The Morgan fingerprint density at radius 2 is 1.97 bits per heavy atom. The van der Waals surface area contributed by atoms with Crippen LogP contribution in [0.1, 0.15) is 18.4 Å². The van der Waals surface area contributed by atoms with E-state index in [1.54, 1.807) is 0 Å². The average Bonchev–Trinajstić information content (AvgIpc) is 3.31. The maximum absolute atomic E-state index is 13.6. The second-order valence-electron chi connectivity index (χ2n) is 7.48. The van der Waals surface area contributed by atoms with Crippen molar-refractivity contribution in [3.8, 4) is 0 Å². The molecule has 0 atom stereocenters. The summed E-state index contributed by atoms with van der Waals surface area (Å²) in [6, 6.07) is 11.0. The number of fused-ring (bicyclic) bond motifs is 1. The zero-order valence-corrected chi connectivity index (χ0v) is 18.9. The van der Waals surface area contributed by atoms with Crippen molar-refractivity contribution >= 4 is 40.6 Å². The number of halogens is 2. The molecule has 2 aromatic carbocycles. The van der Waals surface area contributed by atoms with Crippen molar-refractivity contribution in [1.29, 1.82) is 0 Å². The lowest BCUT2D eigenvalue weighted by atomic mass is 10.2. The van der Waals surface area contributed by atoms with E-state index in [0.29, 0.717) is 18.7 Å². The first-order chi connectivity index (χ1) is 16.8. The summed E-state index contributed by atoms with van der Waals surface area (Å²) >= 11 is 5.69. The normalized spacial score (nSPS) is 13.0. The van der Waals surface area contributed by atoms with Crippen LogP contribution < -0.4 is 14.9 Å². The number of hydrogen-bond acceptors (Lipinski definition) is 8. The number of nitrogens with one attached hydrogen (secondary N) is 1. The van der Waals surface area contributed by atoms with Gasteiger partial charge in [0.05, 0.1) is 24.1 Å². The van der Waals surface area contributed by atoms with Crippen LogP contribution in [-0.4, -0.2) is 35.2 Å². The fourth-order valence-corrected chi connectivity index (χ4v) is 3.43. The molecule has 0 fully saturated rings. The van der Waals surface area contributed by atoms with Crippen molar-refractivity contribution in [2.45, 2.75) is 19.4 Å². The third-order valence-corrected chi connectivity index (χ3v) is 5.31. The van der Waals surface area contributed by atoms with E-state index in [1.165, 1.54) is 11.1 Å². The number of carbonyl (C=O) groups is 2. The first-order valence-corrected chi connectivity index (χ1v) is 10.8. The van der Waals surface area contributed by atoms with Gasteiger partial charge >= 0.3 is 23.5 Å². The van der Waals surface area contributed by atoms with Crippen molar-refractivity contribution in [2.75, 3.05) is 18.4 Å². The number of rotatable bonds is 7. The van der Waals surface area contributed by atoms with Gasteiger partial charge in [-0.25, -0.2) is 13.9 Å². The minimum Gasteiger partial charge on any atom is -0.739 e. The summed E-state index contributed by atoms with van der Waals surface area (Å²) < 4.78 is 24.3. The van der Waals surface area contributed by atoms with Gasteiger partial charge in [0, 0.05) is 30.1 Å². The van der Waals surface area contributed by atoms with E-state index < -0.39 is 23.8 Å². The van der Waals surface area contributed by atoms with Crippen molar-refractivity contribution < 1.29 is 33.0 Å². The smallest absolute Gasteiger partial charge is 0.460 e. The van der Waals surface area contributed by atoms with Gasteiger partial charge in [0.25, 0.3) is 0 Å². The quantitative estimate of drug-likeness (QED) is 0.295. The van der Waals surface area contributed by atoms with Crippen LogP contribution in [0.5, 0.6) is 0 Å². The summed E-state index contributed by atoms with van der Waals surface area (Å²) in [4.78, 5) is 25.7. The topological polar surface area (TPSA) is 135 Å². The van der Waals surface area contributed by atoms with Gasteiger partial charge in [0.1, 0.15) is 18.2 Å². The molecular formula is C22H19ClFN5O6. The highest BCUT2D eigenvalue weighted by Crippen LogP contribution is 2.19. The highest BCUT2D eigenvalue weighted by atomic mass is 35.5. The van der Waals surface area contributed by atoms with Crippen LogP contribution >= 0.6 is 11.6 Å². The monoisotopic (exact) mass is 503 g/mol. The Morgan fingerprint density at radius 1 is 1.20 bits per heavy atom. The molecule has 1 N–H and O–H groups in total. The number of anilines is 1. The van der Waals surface area contributed by atoms with Gasteiger partial charge in [-0.2, -0.15) is 0 Å². The van der Waals surface area contributed by atoms with E-state index in [1.807, 2.05) is 30.3 Å². The van der Waals surface area contributed by atoms with Gasteiger partial charge in [-0.1, -0.05) is 41.9 Å². The SMILES string of the molecule is O=C(CCNc1n[n+]([O-])c2cc(F)c(Cl)cc2[n+]1[O-])OC1=CN(C(=O)OCc2ccccc2)CC1. The third-order valence-electron chi connectivity index (χ3n) is 5.02. The lowest BCUT2D eigenvalue weighted by molar-refractivity contribution is -0.672. The van der Waals surface area contributed by atoms with Gasteiger partial charge in [-0.05, 0) is 5.56 Å². The Morgan fingerprint density at radius 3 is 2.74 bits per heavy atom. The molecule has 11 nitrogen and oxygen atoms in total. The van der Waals surface area contributed by atoms with Gasteiger partial charge in [0.15, 0.2) is 5.52 Å². The number of amides is 1. The van der Waals surface area contributed by atoms with Gasteiger partial charge in [-0.3, -0.25) is 15.0 Å². The summed E-state index contributed by atoms with van der Waals surface area (Å²) in [6.07, 6.45) is 1.01. The lowest BCUT2D eigenvalue weighted by Crippen LogP contribution is -2.44. The maximum atomic E-state index is 13.6. The van der Waals surface area contributed by atoms with Crippen LogP contribution in [0.15, 0.2) is 54.4 Å². The average molecular weight is 504 g/mol. The van der Waals surface area contributed by atoms with Crippen molar-refractivity contribution in [1.82, 2.24) is 10.00 Å². The molecule has 0 bridgehead atoms. The summed E-state index contributed by atoms with van der Waals surface area (Å²) in [5.74, 6) is -1.58. The first-order valence-electron chi connectivity index (χ1n) is 10.5. The summed E-state index contributed by atoms with van der Waals surface area (Å²) in [7, 11) is 0. The Labute approximate surface area is 203 Å². The summed E-state index contributed by atoms with van der Waals surface area (Å²) in [6.45, 7) is 0.348. The molecule has 1 amide bonds. The van der Waals surface area contributed by atoms with Gasteiger partial charge in [0.2, 0.25) is 5.10 Å². The van der Waals surface area contributed by atoms with Crippen LogP contribution in [0.2, 0.25) is 5.02 Å². The van der Waals surface area contributed by atoms with Crippen LogP contribution in [-0.2, 0) is 20.9 Å². The molecule has 1 aliphatic rings. The second-order valence-corrected chi connectivity index (χ2v) is 7.88. The Kier molecular flexibility index (Phi) is 7.11. The molecule has 0 spiro atoms. The number of ether oxygens (including phenoxy) is 2. The largest absolute Gasteiger partial charge is 0.739 e. The summed E-state index contributed by atoms with van der Waals surface area (Å²) in [5.41, 5.74) is 0.356. The molecule has 3 aromatic rings. The fraction of sp³-hybridized carbons (Fsp3) is 0.227. The zero-order valence-electron chi connectivity index (χ0n) is 18.1. The second kappa shape index (κ2) is 10.4. The Bertz CT molecular complexity index is 1310. The van der Waals surface area contributed by atoms with Crippen LogP contribution in [0.25, 0.3) is 11.0 Å². The van der Waals surface area contributed by atoms with E-state index in [0.717, 1.165) is 17.7 Å². The Hall–Kier alpha value is -4.19. The zero-order chi connectivity index (χ0) is 24.9. The molecule has 4 rings (SSSR count). The number of nitrogens with zero attached hydrogens (tertiary/aromatic N) is 4. The molecule has 1 aliphatic heterocycles. The minimum atomic E-state index is -0.863. The maximum Gasteiger partial charge on any atom is 0.460 e. The molecule has 0 unspecified atom stereocenters. The van der Waals surface area contributed by atoms with E-state index in [-0.39, 0.29) is 45.2 Å². The molecule has 0 saturated carbocycles.